The van der Waals surface area contributed by atoms with E-state index in [0.717, 1.165) is 6.08 Å². The number of hydrogen-bond donors (Lipinski definition) is 0. The van der Waals surface area contributed by atoms with Crippen LogP contribution in [0.2, 0.25) is 5.02 Å². The summed E-state index contributed by atoms with van der Waals surface area (Å²) in [5.74, 6) is -1.19. The van der Waals surface area contributed by atoms with E-state index >= 15 is 0 Å². The van der Waals surface area contributed by atoms with Crippen LogP contribution in [-0.4, -0.2) is 61.6 Å². The zero-order chi connectivity index (χ0) is 22.6. The molecular weight excluding hydrogens is 433 g/mol. The standard InChI is InChI=1S/C18H20ClF3N2O6/c1-10-8-14-12(11(2)15(10)19)9-13(16(30-14)18(20,21)22)17(25)28-6-4-23(3)5-7-29-24(26)27/h8-9,16H,4-7H2,1-3H3/t16-/m0/s1. The number of halogens is 4. The van der Waals surface area contributed by atoms with Crippen molar-refractivity contribution in [2.24, 2.45) is 0 Å². The topological polar surface area (TPSA) is 91.1 Å². The Morgan fingerprint density at radius 2 is 1.97 bits per heavy atom. The first-order valence-electron chi connectivity index (χ1n) is 8.79. The third kappa shape index (κ3) is 5.76. The van der Waals surface area contributed by atoms with Gasteiger partial charge in [-0.05, 0) is 44.2 Å². The number of carbonyl (C=O) groups excluding carboxylic acids is 1. The quantitative estimate of drug-likeness (QED) is 0.339. The Morgan fingerprint density at radius 1 is 1.33 bits per heavy atom. The smallest absolute Gasteiger partial charge is 0.430 e. The SMILES string of the molecule is Cc1cc2c(c(C)c1Cl)C=C(C(=O)OCCN(C)CCO[N+](=O)[O-])[C@@H](C(F)(F)F)O2. The molecule has 0 N–H and O–H groups in total. The molecule has 1 aromatic carbocycles. The van der Waals surface area contributed by atoms with Crippen LogP contribution in [0.1, 0.15) is 16.7 Å². The summed E-state index contributed by atoms with van der Waals surface area (Å²) in [6, 6.07) is 1.39. The van der Waals surface area contributed by atoms with Gasteiger partial charge in [-0.25, -0.2) is 4.79 Å². The molecule has 0 spiro atoms. The minimum absolute atomic E-state index is 0.0150. The Morgan fingerprint density at radius 3 is 2.57 bits per heavy atom. The highest BCUT2D eigenvalue weighted by molar-refractivity contribution is 6.32. The maximum absolute atomic E-state index is 13.5. The highest BCUT2D eigenvalue weighted by atomic mass is 35.5. The van der Waals surface area contributed by atoms with Crippen molar-refractivity contribution >= 4 is 23.6 Å². The Bertz CT molecular complexity index is 859. The molecule has 2 rings (SSSR count). The number of aryl methyl sites for hydroxylation is 1. The van der Waals surface area contributed by atoms with Crippen molar-refractivity contribution in [1.29, 1.82) is 0 Å². The van der Waals surface area contributed by atoms with Gasteiger partial charge >= 0.3 is 12.1 Å². The first-order chi connectivity index (χ1) is 13.9. The van der Waals surface area contributed by atoms with E-state index in [2.05, 4.69) is 4.84 Å². The molecule has 1 aliphatic rings. The van der Waals surface area contributed by atoms with Gasteiger partial charge in [0.1, 0.15) is 19.0 Å². The number of carbonyl (C=O) groups is 1. The second kappa shape index (κ2) is 9.52. The lowest BCUT2D eigenvalue weighted by Gasteiger charge is -2.29. The molecule has 0 unspecified atom stereocenters. The fourth-order valence-corrected chi connectivity index (χ4v) is 2.96. The van der Waals surface area contributed by atoms with Crippen LogP contribution in [0.3, 0.4) is 0 Å². The summed E-state index contributed by atoms with van der Waals surface area (Å²) in [7, 11) is 1.59. The van der Waals surface area contributed by atoms with Crippen LogP contribution in [0.25, 0.3) is 6.08 Å². The molecular formula is C18H20ClF3N2O6. The van der Waals surface area contributed by atoms with Crippen molar-refractivity contribution in [3.05, 3.63) is 43.5 Å². The molecule has 166 valence electrons. The van der Waals surface area contributed by atoms with Crippen molar-refractivity contribution in [1.82, 2.24) is 4.90 Å². The summed E-state index contributed by atoms with van der Waals surface area (Å²) in [5.41, 5.74) is 0.643. The first kappa shape index (κ1) is 23.7. The molecule has 0 radical (unpaired) electrons. The van der Waals surface area contributed by atoms with Gasteiger partial charge in [0, 0.05) is 23.7 Å². The van der Waals surface area contributed by atoms with Crippen molar-refractivity contribution in [3.8, 4) is 5.75 Å². The van der Waals surface area contributed by atoms with Crippen LogP contribution in [0, 0.1) is 24.0 Å². The average molecular weight is 453 g/mol. The van der Waals surface area contributed by atoms with Crippen LogP contribution in [0.15, 0.2) is 11.6 Å². The molecule has 30 heavy (non-hydrogen) atoms. The van der Waals surface area contributed by atoms with Crippen molar-refractivity contribution in [2.45, 2.75) is 26.1 Å². The lowest BCUT2D eigenvalue weighted by atomic mass is 9.96. The second-order valence-electron chi connectivity index (χ2n) is 6.68. The summed E-state index contributed by atoms with van der Waals surface area (Å²) in [6.07, 6.45) is -6.21. The number of alkyl halides is 3. The highest BCUT2D eigenvalue weighted by Gasteiger charge is 2.49. The lowest BCUT2D eigenvalue weighted by Crippen LogP contribution is -2.41. The number of ether oxygens (including phenoxy) is 2. The number of esters is 1. The third-order valence-corrected chi connectivity index (χ3v) is 5.01. The van der Waals surface area contributed by atoms with Gasteiger partial charge in [-0.2, -0.15) is 13.2 Å². The summed E-state index contributed by atoms with van der Waals surface area (Å²) in [4.78, 5) is 28.2. The summed E-state index contributed by atoms with van der Waals surface area (Å²) in [6.45, 7) is 3.15. The van der Waals surface area contributed by atoms with Gasteiger partial charge in [-0.3, -0.25) is 0 Å². The van der Waals surface area contributed by atoms with Crippen LogP contribution in [0.4, 0.5) is 13.2 Å². The zero-order valence-corrected chi connectivity index (χ0v) is 17.2. The number of likely N-dealkylation sites (N-methyl/N-ethyl adjacent to an activating group) is 1. The van der Waals surface area contributed by atoms with Crippen molar-refractivity contribution < 1.29 is 37.4 Å². The van der Waals surface area contributed by atoms with E-state index in [1.165, 1.54) is 6.07 Å². The number of hydrogen-bond acceptors (Lipinski definition) is 7. The monoisotopic (exact) mass is 452 g/mol. The number of benzene rings is 1. The Balaban J connectivity index is 2.13. The Kier molecular flexibility index (Phi) is 7.54. The predicted octanol–water partition coefficient (Wildman–Crippen LogP) is 3.35. The maximum atomic E-state index is 13.5. The molecule has 0 fully saturated rings. The molecule has 0 saturated heterocycles. The molecule has 1 heterocycles. The molecule has 12 heteroatoms. The molecule has 1 aromatic rings. The van der Waals surface area contributed by atoms with Crippen LogP contribution in [0.5, 0.6) is 5.75 Å². The number of nitrogens with zero attached hydrogens (tertiary/aromatic N) is 2. The van der Waals surface area contributed by atoms with E-state index in [0.29, 0.717) is 16.1 Å². The molecule has 0 amide bonds. The molecule has 1 aliphatic heterocycles. The number of fused-ring (bicyclic) bond motifs is 1. The van der Waals surface area contributed by atoms with Crippen molar-refractivity contribution in [2.75, 3.05) is 33.4 Å². The van der Waals surface area contributed by atoms with E-state index in [1.54, 1.807) is 25.8 Å². The van der Waals surface area contributed by atoms with E-state index in [4.69, 9.17) is 21.1 Å². The Labute approximate surface area is 175 Å². The fourth-order valence-electron chi connectivity index (χ4n) is 2.80. The zero-order valence-electron chi connectivity index (χ0n) is 16.4. The summed E-state index contributed by atoms with van der Waals surface area (Å²) >= 11 is 6.17. The third-order valence-electron chi connectivity index (χ3n) is 4.43. The fraction of sp³-hybridized carbons (Fsp3) is 0.500. The summed E-state index contributed by atoms with van der Waals surface area (Å²) < 4.78 is 50.6. The molecule has 0 aromatic heterocycles. The number of rotatable bonds is 8. The minimum atomic E-state index is -4.83. The molecule has 0 saturated carbocycles. The lowest BCUT2D eigenvalue weighted by molar-refractivity contribution is -0.757. The van der Waals surface area contributed by atoms with E-state index in [9.17, 15) is 28.1 Å². The second-order valence-corrected chi connectivity index (χ2v) is 7.06. The summed E-state index contributed by atoms with van der Waals surface area (Å²) in [5, 5.41) is 9.53. The van der Waals surface area contributed by atoms with Gasteiger partial charge in [0.15, 0.2) is 0 Å². The average Bonchev–Trinajstić information content (AvgIpc) is 2.64. The first-order valence-corrected chi connectivity index (χ1v) is 9.17. The Hall–Kier alpha value is -2.53. The highest BCUT2D eigenvalue weighted by Crippen LogP contribution is 2.41. The largest absolute Gasteiger partial charge is 0.475 e. The molecule has 0 bridgehead atoms. The van der Waals surface area contributed by atoms with Crippen LogP contribution >= 0.6 is 11.6 Å². The minimum Gasteiger partial charge on any atom is -0.475 e. The predicted molar refractivity (Wildman–Crippen MR) is 101 cm³/mol. The van der Waals surface area contributed by atoms with Gasteiger partial charge in [-0.15, -0.1) is 10.1 Å². The van der Waals surface area contributed by atoms with Crippen molar-refractivity contribution in [3.63, 3.8) is 0 Å². The normalized spacial score (nSPS) is 15.9. The van der Waals surface area contributed by atoms with Gasteiger partial charge in [-0.1, -0.05) is 11.6 Å². The van der Waals surface area contributed by atoms with Crippen LogP contribution < -0.4 is 4.74 Å². The van der Waals surface area contributed by atoms with E-state index < -0.39 is 28.9 Å². The maximum Gasteiger partial charge on any atom is 0.430 e. The van der Waals surface area contributed by atoms with Gasteiger partial charge in [0.25, 0.3) is 5.09 Å². The van der Waals surface area contributed by atoms with E-state index in [-0.39, 0.29) is 37.6 Å². The van der Waals surface area contributed by atoms with Gasteiger partial charge < -0.3 is 19.2 Å². The van der Waals surface area contributed by atoms with Gasteiger partial charge in [0.05, 0.1) is 5.57 Å². The van der Waals surface area contributed by atoms with Gasteiger partial charge in [0.2, 0.25) is 6.10 Å². The van der Waals surface area contributed by atoms with E-state index in [1.807, 2.05) is 0 Å². The van der Waals surface area contributed by atoms with Crippen LogP contribution in [-0.2, 0) is 14.4 Å². The molecule has 1 atom stereocenters. The molecule has 0 aliphatic carbocycles. The molecule has 8 nitrogen and oxygen atoms in total.